The second-order valence-corrected chi connectivity index (χ2v) is 10.9. The number of piperidine rings is 1. The van der Waals surface area contributed by atoms with Gasteiger partial charge in [0.25, 0.3) is 0 Å². The van der Waals surface area contributed by atoms with E-state index in [4.69, 9.17) is 5.11 Å². The average molecular weight is 473 g/mol. The number of phenolic OH excluding ortho intramolecular Hbond substituents is 1. The number of hydrogen-bond donors (Lipinski definition) is 2. The van der Waals surface area contributed by atoms with Crippen molar-refractivity contribution in [3.05, 3.63) is 29.8 Å². The third kappa shape index (κ3) is 7.46. The highest BCUT2D eigenvalue weighted by Gasteiger charge is 2.38. The SMILES string of the molecule is C[C@H]1CN(CCCN(CC2CCCCC2)C(=O)CCCC(=O)O)CC[C@]1(C)c1cccc(O)c1. The third-order valence-corrected chi connectivity index (χ3v) is 8.31. The van der Waals surface area contributed by atoms with Gasteiger partial charge < -0.3 is 20.0 Å². The number of likely N-dealkylation sites (tertiary alicyclic amines) is 1. The van der Waals surface area contributed by atoms with E-state index in [1.165, 1.54) is 37.7 Å². The Bertz CT molecular complexity index is 807. The lowest BCUT2D eigenvalue weighted by molar-refractivity contribution is -0.137. The Morgan fingerprint density at radius 3 is 2.59 bits per heavy atom. The lowest BCUT2D eigenvalue weighted by Gasteiger charge is -2.45. The lowest BCUT2D eigenvalue weighted by atomic mass is 9.68. The zero-order chi connectivity index (χ0) is 24.6. The molecule has 1 heterocycles. The summed E-state index contributed by atoms with van der Waals surface area (Å²) in [5, 5.41) is 18.8. The van der Waals surface area contributed by atoms with Crippen LogP contribution in [0.25, 0.3) is 0 Å². The first-order valence-corrected chi connectivity index (χ1v) is 13.3. The molecule has 0 bridgehead atoms. The molecule has 1 aliphatic heterocycles. The largest absolute Gasteiger partial charge is 0.508 e. The van der Waals surface area contributed by atoms with Crippen LogP contribution in [0.1, 0.15) is 83.6 Å². The molecule has 3 rings (SSSR count). The third-order valence-electron chi connectivity index (χ3n) is 8.31. The van der Waals surface area contributed by atoms with Crippen LogP contribution in [0.5, 0.6) is 5.75 Å². The van der Waals surface area contributed by atoms with Crippen molar-refractivity contribution in [2.75, 3.05) is 32.7 Å². The predicted molar refractivity (Wildman–Crippen MR) is 135 cm³/mol. The zero-order valence-electron chi connectivity index (χ0n) is 21.2. The van der Waals surface area contributed by atoms with Gasteiger partial charge in [0.05, 0.1) is 0 Å². The number of phenols is 1. The number of aromatic hydroxyl groups is 1. The maximum Gasteiger partial charge on any atom is 0.303 e. The number of rotatable bonds is 11. The number of hydrogen-bond acceptors (Lipinski definition) is 4. The van der Waals surface area contributed by atoms with Crippen molar-refractivity contribution in [1.82, 2.24) is 9.80 Å². The maximum absolute atomic E-state index is 12.9. The van der Waals surface area contributed by atoms with Crippen LogP contribution in [0.3, 0.4) is 0 Å². The molecule has 2 fully saturated rings. The van der Waals surface area contributed by atoms with E-state index in [1.54, 1.807) is 6.07 Å². The van der Waals surface area contributed by atoms with Crippen LogP contribution in [-0.4, -0.2) is 64.6 Å². The molecule has 6 heteroatoms. The molecule has 1 aromatic carbocycles. The molecule has 0 spiro atoms. The monoisotopic (exact) mass is 472 g/mol. The second-order valence-electron chi connectivity index (χ2n) is 10.9. The van der Waals surface area contributed by atoms with Crippen molar-refractivity contribution >= 4 is 11.9 Å². The molecule has 1 saturated heterocycles. The van der Waals surface area contributed by atoms with Crippen LogP contribution < -0.4 is 0 Å². The summed E-state index contributed by atoms with van der Waals surface area (Å²) in [6, 6.07) is 7.70. The number of carbonyl (C=O) groups excluding carboxylic acids is 1. The summed E-state index contributed by atoms with van der Waals surface area (Å²) >= 11 is 0. The normalized spacial score (nSPS) is 24.1. The van der Waals surface area contributed by atoms with Crippen molar-refractivity contribution in [1.29, 1.82) is 0 Å². The van der Waals surface area contributed by atoms with Crippen molar-refractivity contribution in [2.45, 2.75) is 83.5 Å². The number of aliphatic carboxylic acids is 1. The number of amides is 1. The number of carboxylic acids is 1. The summed E-state index contributed by atoms with van der Waals surface area (Å²) in [5.74, 6) is 0.688. The van der Waals surface area contributed by atoms with Crippen LogP contribution in [0.2, 0.25) is 0 Å². The van der Waals surface area contributed by atoms with Gasteiger partial charge in [0.2, 0.25) is 5.91 Å². The van der Waals surface area contributed by atoms with E-state index in [0.717, 1.165) is 45.6 Å². The number of benzene rings is 1. The zero-order valence-corrected chi connectivity index (χ0v) is 21.2. The Morgan fingerprint density at radius 1 is 1.15 bits per heavy atom. The maximum atomic E-state index is 12.9. The number of carboxylic acid groups (broad SMARTS) is 1. The summed E-state index contributed by atoms with van der Waals surface area (Å²) in [5.41, 5.74) is 1.27. The van der Waals surface area contributed by atoms with Gasteiger partial charge >= 0.3 is 5.97 Å². The Labute approximate surface area is 205 Å². The first kappa shape index (κ1) is 26.5. The van der Waals surface area contributed by atoms with Gasteiger partial charge in [0, 0.05) is 32.5 Å². The minimum absolute atomic E-state index is 0.0579. The standard InChI is InChI=1S/C28H44N2O4/c1-22-20-29(18-15-28(22,2)24-11-6-12-25(31)19-24)16-8-17-30(21-23-9-4-3-5-10-23)26(32)13-7-14-27(33)34/h6,11-12,19,22-23,31H,3-5,7-10,13-18,20-21H2,1-2H3,(H,33,34)/t22-,28-/m0/s1. The van der Waals surface area contributed by atoms with Crippen molar-refractivity contribution in [2.24, 2.45) is 11.8 Å². The van der Waals surface area contributed by atoms with Crippen LogP contribution >= 0.6 is 0 Å². The Kier molecular flexibility index (Phi) is 9.81. The van der Waals surface area contributed by atoms with E-state index in [9.17, 15) is 14.7 Å². The van der Waals surface area contributed by atoms with E-state index in [-0.39, 0.29) is 17.7 Å². The molecule has 0 radical (unpaired) electrons. The molecule has 1 saturated carbocycles. The van der Waals surface area contributed by atoms with Crippen LogP contribution in [0.15, 0.2) is 24.3 Å². The smallest absolute Gasteiger partial charge is 0.303 e. The lowest BCUT2D eigenvalue weighted by Crippen LogP contribution is -2.48. The van der Waals surface area contributed by atoms with E-state index in [1.807, 2.05) is 17.0 Å². The molecule has 1 aromatic rings. The summed E-state index contributed by atoms with van der Waals surface area (Å²) in [4.78, 5) is 28.3. The van der Waals surface area contributed by atoms with Gasteiger partial charge in [-0.25, -0.2) is 0 Å². The molecule has 190 valence electrons. The van der Waals surface area contributed by atoms with E-state index < -0.39 is 5.97 Å². The molecule has 1 amide bonds. The van der Waals surface area contributed by atoms with Gasteiger partial charge in [-0.05, 0) is 80.1 Å². The summed E-state index contributed by atoms with van der Waals surface area (Å²) in [6.45, 7) is 9.22. The number of nitrogens with zero attached hydrogens (tertiary/aromatic N) is 2. The Morgan fingerprint density at radius 2 is 1.91 bits per heavy atom. The molecule has 2 atom stereocenters. The highest BCUT2D eigenvalue weighted by molar-refractivity contribution is 5.77. The van der Waals surface area contributed by atoms with E-state index >= 15 is 0 Å². The molecule has 6 nitrogen and oxygen atoms in total. The quantitative estimate of drug-likeness (QED) is 0.471. The van der Waals surface area contributed by atoms with Crippen LogP contribution in [-0.2, 0) is 15.0 Å². The van der Waals surface area contributed by atoms with Crippen LogP contribution in [0, 0.1) is 11.8 Å². The van der Waals surface area contributed by atoms with Crippen LogP contribution in [0.4, 0.5) is 0 Å². The highest BCUT2D eigenvalue weighted by atomic mass is 16.4. The van der Waals surface area contributed by atoms with Gasteiger partial charge in [0.15, 0.2) is 0 Å². The van der Waals surface area contributed by atoms with Gasteiger partial charge in [0.1, 0.15) is 5.75 Å². The fraction of sp³-hybridized carbons (Fsp3) is 0.714. The summed E-state index contributed by atoms with van der Waals surface area (Å²) < 4.78 is 0. The fourth-order valence-corrected chi connectivity index (χ4v) is 5.84. The van der Waals surface area contributed by atoms with Crippen molar-refractivity contribution in [3.63, 3.8) is 0 Å². The molecule has 0 unspecified atom stereocenters. The van der Waals surface area contributed by atoms with Gasteiger partial charge in [-0.2, -0.15) is 0 Å². The summed E-state index contributed by atoms with van der Waals surface area (Å²) in [7, 11) is 0. The van der Waals surface area contributed by atoms with Gasteiger partial charge in [-0.1, -0.05) is 45.2 Å². The topological polar surface area (TPSA) is 81.1 Å². The van der Waals surface area contributed by atoms with Gasteiger partial charge in [-0.3, -0.25) is 9.59 Å². The Balaban J connectivity index is 1.50. The first-order valence-electron chi connectivity index (χ1n) is 13.3. The molecule has 0 aromatic heterocycles. The molecule has 1 aliphatic carbocycles. The molecule has 2 N–H and O–H groups in total. The molecule has 2 aliphatic rings. The molecule has 34 heavy (non-hydrogen) atoms. The second kappa shape index (κ2) is 12.6. The summed E-state index contributed by atoms with van der Waals surface area (Å²) in [6.07, 6.45) is 9.06. The molecular weight excluding hydrogens is 428 g/mol. The van der Waals surface area contributed by atoms with Crippen molar-refractivity contribution in [3.8, 4) is 5.75 Å². The van der Waals surface area contributed by atoms with Gasteiger partial charge in [-0.15, -0.1) is 0 Å². The fourth-order valence-electron chi connectivity index (χ4n) is 5.84. The van der Waals surface area contributed by atoms with Crippen molar-refractivity contribution < 1.29 is 19.8 Å². The van der Waals surface area contributed by atoms with E-state index in [2.05, 4.69) is 24.8 Å². The number of carbonyl (C=O) groups is 2. The average Bonchev–Trinajstić information content (AvgIpc) is 2.81. The minimum Gasteiger partial charge on any atom is -0.508 e. The predicted octanol–water partition coefficient (Wildman–Crippen LogP) is 5.05. The highest BCUT2D eigenvalue weighted by Crippen LogP contribution is 2.40. The first-order chi connectivity index (χ1) is 16.3. The minimum atomic E-state index is -0.830. The molecular formula is C28H44N2O4. The Hall–Kier alpha value is -2.08. The van der Waals surface area contributed by atoms with E-state index in [0.29, 0.717) is 30.4 Å².